The molecule has 1 aliphatic heterocycles. The van der Waals surface area contributed by atoms with Gasteiger partial charge in [-0.3, -0.25) is 14.5 Å². The largest absolute Gasteiger partial charge is 0.485 e. The predicted molar refractivity (Wildman–Crippen MR) is 252 cm³/mol. The Morgan fingerprint density at radius 2 is 1.25 bits per heavy atom. The van der Waals surface area contributed by atoms with Crippen molar-refractivity contribution in [2.75, 3.05) is 0 Å². The molecule has 0 radical (unpaired) electrons. The Labute approximate surface area is 364 Å². The van der Waals surface area contributed by atoms with Gasteiger partial charge in [0.2, 0.25) is 0 Å². The molecular formula is C57H37N5O. The van der Waals surface area contributed by atoms with Gasteiger partial charge in [-0.1, -0.05) is 133 Å². The van der Waals surface area contributed by atoms with Crippen molar-refractivity contribution in [2.24, 2.45) is 5.92 Å². The number of pyridine rings is 3. The third-order valence-corrected chi connectivity index (χ3v) is 13.2. The van der Waals surface area contributed by atoms with Crippen LogP contribution < -0.4 is 4.74 Å². The number of para-hydroxylation sites is 3. The molecule has 63 heavy (non-hydrogen) atoms. The second-order valence-corrected chi connectivity index (χ2v) is 16.5. The fourth-order valence-corrected chi connectivity index (χ4v) is 10.5. The summed E-state index contributed by atoms with van der Waals surface area (Å²) in [5.74, 6) is 1.80. The Morgan fingerprint density at radius 3 is 2.05 bits per heavy atom. The van der Waals surface area contributed by atoms with Gasteiger partial charge in [0.25, 0.3) is 0 Å². The standard InChI is InChI=1S/C57H37N5O/c1-2-14-41(15-3-1)62-55-53(44-16-4-7-19-49(44)60-54(55)50-20-10-11-32-59-50)61-56(62)37-25-23-36(24-26-37)38-27-29-42-43-30-28-39(40-13-12-31-58-35-40)34-48(43)57(47(42)33-38)45-17-5-8-21-51(45)63-52-22-9-6-18-46(52)57/h1-35,45,51H. The Kier molecular flexibility index (Phi) is 7.84. The van der Waals surface area contributed by atoms with Crippen molar-refractivity contribution in [2.45, 2.75) is 11.5 Å². The molecule has 0 saturated heterocycles. The molecular weight excluding hydrogens is 771 g/mol. The Bertz CT molecular complexity index is 3490. The third kappa shape index (κ3) is 5.31. The van der Waals surface area contributed by atoms with Crippen LogP contribution in [0.5, 0.6) is 5.75 Å². The molecule has 0 saturated carbocycles. The number of nitrogens with zero attached hydrogens (tertiary/aromatic N) is 5. The molecule has 296 valence electrons. The van der Waals surface area contributed by atoms with Crippen molar-refractivity contribution < 1.29 is 4.74 Å². The molecule has 10 aromatic rings. The number of hydrogen-bond acceptors (Lipinski definition) is 5. The van der Waals surface area contributed by atoms with Gasteiger partial charge in [0.1, 0.15) is 34.4 Å². The summed E-state index contributed by atoms with van der Waals surface area (Å²) in [6, 6.07) is 60.3. The lowest BCUT2D eigenvalue weighted by Gasteiger charge is -2.47. The third-order valence-electron chi connectivity index (χ3n) is 13.2. The molecule has 0 bridgehead atoms. The highest BCUT2D eigenvalue weighted by molar-refractivity contribution is 6.09. The minimum atomic E-state index is -0.498. The smallest absolute Gasteiger partial charge is 0.145 e. The summed E-state index contributed by atoms with van der Waals surface area (Å²) in [4.78, 5) is 19.9. The zero-order chi connectivity index (χ0) is 41.5. The van der Waals surface area contributed by atoms with E-state index in [0.29, 0.717) is 0 Å². The summed E-state index contributed by atoms with van der Waals surface area (Å²) >= 11 is 0. The normalized spacial score (nSPS) is 17.9. The van der Waals surface area contributed by atoms with E-state index in [1.807, 2.05) is 55.0 Å². The van der Waals surface area contributed by atoms with E-state index in [0.717, 1.165) is 78.4 Å². The number of fused-ring (bicyclic) bond motifs is 12. The van der Waals surface area contributed by atoms with Crippen LogP contribution in [0.1, 0.15) is 16.7 Å². The molecule has 0 N–H and O–H groups in total. The van der Waals surface area contributed by atoms with Crippen LogP contribution in [0, 0.1) is 5.92 Å². The first-order valence-corrected chi connectivity index (χ1v) is 21.4. The molecule has 6 aromatic carbocycles. The number of imidazole rings is 1. The summed E-state index contributed by atoms with van der Waals surface area (Å²) < 4.78 is 9.04. The Hall–Kier alpha value is -8.22. The van der Waals surface area contributed by atoms with Gasteiger partial charge in [0, 0.05) is 46.7 Å². The number of allylic oxidation sites excluding steroid dienone is 2. The minimum absolute atomic E-state index is 0.0340. The van der Waals surface area contributed by atoms with E-state index < -0.39 is 5.41 Å². The van der Waals surface area contributed by atoms with Crippen LogP contribution in [0.25, 0.3) is 83.8 Å². The van der Waals surface area contributed by atoms with Crippen molar-refractivity contribution in [3.63, 3.8) is 0 Å². The first-order chi connectivity index (χ1) is 31.2. The van der Waals surface area contributed by atoms with Crippen LogP contribution in [0.15, 0.2) is 213 Å². The van der Waals surface area contributed by atoms with Crippen LogP contribution in [0.3, 0.4) is 0 Å². The van der Waals surface area contributed by atoms with Crippen LogP contribution >= 0.6 is 0 Å². The molecule has 3 atom stereocenters. The Morgan fingerprint density at radius 1 is 0.540 bits per heavy atom. The van der Waals surface area contributed by atoms with Crippen LogP contribution in [-0.2, 0) is 5.41 Å². The zero-order valence-corrected chi connectivity index (χ0v) is 34.0. The second kappa shape index (κ2) is 13.9. The average molecular weight is 808 g/mol. The highest BCUT2D eigenvalue weighted by atomic mass is 16.5. The van der Waals surface area contributed by atoms with Gasteiger partial charge in [-0.15, -0.1) is 0 Å². The minimum Gasteiger partial charge on any atom is -0.485 e. The van der Waals surface area contributed by atoms with Crippen molar-refractivity contribution in [1.29, 1.82) is 0 Å². The van der Waals surface area contributed by atoms with Crippen LogP contribution in [0.2, 0.25) is 0 Å². The van der Waals surface area contributed by atoms with Crippen molar-refractivity contribution in [3.8, 4) is 67.6 Å². The van der Waals surface area contributed by atoms with E-state index in [9.17, 15) is 0 Å². The maximum absolute atomic E-state index is 6.79. The molecule has 1 spiro atoms. The van der Waals surface area contributed by atoms with Crippen molar-refractivity contribution in [3.05, 3.63) is 229 Å². The van der Waals surface area contributed by atoms with Gasteiger partial charge < -0.3 is 4.74 Å². The lowest BCUT2D eigenvalue weighted by atomic mass is 9.60. The van der Waals surface area contributed by atoms with E-state index in [2.05, 4.69) is 167 Å². The molecule has 2 aliphatic carbocycles. The first kappa shape index (κ1) is 35.5. The highest BCUT2D eigenvalue weighted by Crippen LogP contribution is 2.62. The summed E-state index contributed by atoms with van der Waals surface area (Å²) in [5, 5.41) is 1.00. The average Bonchev–Trinajstić information content (AvgIpc) is 3.90. The number of aromatic nitrogens is 5. The van der Waals surface area contributed by atoms with E-state index in [1.165, 1.54) is 27.8 Å². The summed E-state index contributed by atoms with van der Waals surface area (Å²) in [7, 11) is 0. The number of hydrogen-bond donors (Lipinski definition) is 0. The maximum atomic E-state index is 6.79. The van der Waals surface area contributed by atoms with Gasteiger partial charge in [-0.25, -0.2) is 9.97 Å². The summed E-state index contributed by atoms with van der Waals surface area (Å²) in [6.07, 6.45) is 14.4. The van der Waals surface area contributed by atoms with Crippen molar-refractivity contribution in [1.82, 2.24) is 24.5 Å². The monoisotopic (exact) mass is 807 g/mol. The molecule has 0 fully saturated rings. The number of benzene rings is 6. The van der Waals surface area contributed by atoms with Crippen molar-refractivity contribution >= 4 is 21.9 Å². The number of ether oxygens (including phenoxy) is 1. The van der Waals surface area contributed by atoms with E-state index in [4.69, 9.17) is 19.7 Å². The SMILES string of the molecule is C1=CC2Oc3ccccc3C3(c4cc(-c5ccc(-c6nc7c8ccccc8nc(-c8ccccn8)c7n6-c6ccccc6)cc5)ccc4-c4ccc(-c5cccnc5)cc43)C2C=C1. The molecule has 5 heterocycles. The quantitative estimate of drug-likeness (QED) is 0.173. The van der Waals surface area contributed by atoms with E-state index >= 15 is 0 Å². The lowest BCUT2D eigenvalue weighted by molar-refractivity contribution is 0.141. The molecule has 13 rings (SSSR count). The fraction of sp³-hybridized carbons (Fsp3) is 0.0526. The molecule has 6 nitrogen and oxygen atoms in total. The molecule has 0 amide bonds. The van der Waals surface area contributed by atoms with Gasteiger partial charge in [0.15, 0.2) is 0 Å². The first-order valence-electron chi connectivity index (χ1n) is 21.4. The highest BCUT2D eigenvalue weighted by Gasteiger charge is 2.56. The van der Waals surface area contributed by atoms with Gasteiger partial charge in [-0.05, 0) is 105 Å². The van der Waals surface area contributed by atoms with Crippen LogP contribution in [-0.4, -0.2) is 30.6 Å². The zero-order valence-electron chi connectivity index (χ0n) is 34.0. The topological polar surface area (TPSA) is 65.7 Å². The number of rotatable bonds is 5. The summed E-state index contributed by atoms with van der Waals surface area (Å²) in [5.41, 5.74) is 16.6. The maximum Gasteiger partial charge on any atom is 0.145 e. The Balaban J connectivity index is 0.994. The molecule has 6 heteroatoms. The lowest BCUT2D eigenvalue weighted by Crippen LogP contribution is -2.47. The van der Waals surface area contributed by atoms with E-state index in [1.54, 1.807) is 0 Å². The second-order valence-electron chi connectivity index (χ2n) is 16.5. The predicted octanol–water partition coefficient (Wildman–Crippen LogP) is 12.8. The summed E-state index contributed by atoms with van der Waals surface area (Å²) in [6.45, 7) is 0. The molecule has 3 aliphatic rings. The fourth-order valence-electron chi connectivity index (χ4n) is 10.5. The van der Waals surface area contributed by atoms with Gasteiger partial charge in [0.05, 0.1) is 16.6 Å². The molecule has 3 unspecified atom stereocenters. The molecule has 4 aromatic heterocycles. The van der Waals surface area contributed by atoms with Crippen LogP contribution in [0.4, 0.5) is 0 Å². The van der Waals surface area contributed by atoms with Gasteiger partial charge >= 0.3 is 0 Å². The van der Waals surface area contributed by atoms with Gasteiger partial charge in [-0.2, -0.15) is 0 Å². The van der Waals surface area contributed by atoms with E-state index in [-0.39, 0.29) is 12.0 Å².